The molecule has 212 valence electrons. The molecule has 2 aliphatic heterocycles. The molecule has 3 aromatic carbocycles. The lowest BCUT2D eigenvalue weighted by atomic mass is 9.65. The number of rotatable bonds is 5. The van der Waals surface area contributed by atoms with E-state index in [9.17, 15) is 14.7 Å². The summed E-state index contributed by atoms with van der Waals surface area (Å²) in [4.78, 5) is 26.2. The molecule has 0 unspecified atom stereocenters. The van der Waals surface area contributed by atoms with Gasteiger partial charge in [0.1, 0.15) is 0 Å². The number of fused-ring (bicyclic) bond motifs is 3. The van der Waals surface area contributed by atoms with Gasteiger partial charge in [-0.25, -0.2) is 0 Å². The van der Waals surface area contributed by atoms with Crippen LogP contribution >= 0.6 is 23.8 Å². The lowest BCUT2D eigenvalue weighted by Crippen LogP contribution is -2.47. The number of phenols is 1. The molecule has 10 nitrogen and oxygen atoms in total. The van der Waals surface area contributed by atoms with Crippen molar-refractivity contribution in [1.29, 1.82) is 0 Å². The first-order valence-electron chi connectivity index (χ1n) is 12.7. The van der Waals surface area contributed by atoms with Crippen molar-refractivity contribution in [2.75, 3.05) is 27.6 Å². The van der Waals surface area contributed by atoms with Crippen LogP contribution in [0.4, 0.5) is 0 Å². The second-order valence-corrected chi connectivity index (χ2v) is 10.6. The molecular formula is C29H25ClN2O8S. The second kappa shape index (κ2) is 10.6. The SMILES string of the molecule is COc1cc([C@@H]2c3cc4c(cc3[C@@H](NC(=S)NC(=O)c3ccccc3Cl)[C@H]3COC(=O)[C@H]23)OCO4)cc(OC)c1O. The second-order valence-electron chi connectivity index (χ2n) is 9.79. The molecule has 0 aromatic heterocycles. The minimum Gasteiger partial charge on any atom is -0.502 e. The number of hydrogen-bond acceptors (Lipinski definition) is 9. The number of halogens is 1. The number of nitrogens with one attached hydrogen (secondary N) is 2. The monoisotopic (exact) mass is 596 g/mol. The van der Waals surface area contributed by atoms with E-state index in [-0.39, 0.29) is 53.2 Å². The van der Waals surface area contributed by atoms with E-state index in [4.69, 9.17) is 47.5 Å². The Labute approximate surface area is 245 Å². The summed E-state index contributed by atoms with van der Waals surface area (Å²) in [6, 6.07) is 13.2. The molecule has 2 heterocycles. The Kier molecular flexibility index (Phi) is 7.00. The fourth-order valence-electron chi connectivity index (χ4n) is 5.83. The van der Waals surface area contributed by atoms with E-state index in [1.807, 2.05) is 12.1 Å². The third-order valence-corrected chi connectivity index (χ3v) is 8.23. The smallest absolute Gasteiger partial charge is 0.310 e. The molecule has 6 rings (SSSR count). The largest absolute Gasteiger partial charge is 0.502 e. The minimum absolute atomic E-state index is 0.0586. The van der Waals surface area contributed by atoms with Gasteiger partial charge in [-0.1, -0.05) is 23.7 Å². The predicted molar refractivity (Wildman–Crippen MR) is 151 cm³/mol. The first-order chi connectivity index (χ1) is 19.8. The molecule has 0 spiro atoms. The van der Waals surface area contributed by atoms with Crippen LogP contribution in [-0.2, 0) is 9.53 Å². The third-order valence-electron chi connectivity index (χ3n) is 7.68. The summed E-state index contributed by atoms with van der Waals surface area (Å²) >= 11 is 11.7. The quantitative estimate of drug-likeness (QED) is 0.293. The summed E-state index contributed by atoms with van der Waals surface area (Å²) in [5.41, 5.74) is 2.51. The van der Waals surface area contributed by atoms with E-state index in [0.717, 1.165) is 11.1 Å². The molecule has 0 saturated carbocycles. The van der Waals surface area contributed by atoms with Crippen molar-refractivity contribution in [3.8, 4) is 28.7 Å². The van der Waals surface area contributed by atoms with Crippen LogP contribution in [0, 0.1) is 11.8 Å². The maximum Gasteiger partial charge on any atom is 0.310 e. The summed E-state index contributed by atoms with van der Waals surface area (Å²) in [6.07, 6.45) is 0. The minimum atomic E-state index is -0.638. The van der Waals surface area contributed by atoms with Crippen molar-refractivity contribution in [3.63, 3.8) is 0 Å². The summed E-state index contributed by atoms with van der Waals surface area (Å²) in [5.74, 6) is -1.03. The Morgan fingerprint density at radius 1 is 1.02 bits per heavy atom. The molecule has 4 atom stereocenters. The highest BCUT2D eigenvalue weighted by molar-refractivity contribution is 7.80. The number of aromatic hydroxyl groups is 1. The maximum absolute atomic E-state index is 13.3. The van der Waals surface area contributed by atoms with Gasteiger partial charge in [0.05, 0.1) is 43.4 Å². The van der Waals surface area contributed by atoms with Gasteiger partial charge in [0.15, 0.2) is 28.1 Å². The number of methoxy groups -OCH3 is 2. The van der Waals surface area contributed by atoms with Crippen LogP contribution in [0.2, 0.25) is 5.02 Å². The Balaban J connectivity index is 1.43. The summed E-state index contributed by atoms with van der Waals surface area (Å²) < 4.78 is 27.8. The van der Waals surface area contributed by atoms with Crippen molar-refractivity contribution in [3.05, 3.63) is 75.8 Å². The molecule has 1 fully saturated rings. The molecule has 0 bridgehead atoms. The Bertz CT molecular complexity index is 1560. The van der Waals surface area contributed by atoms with Gasteiger partial charge in [-0.05, 0) is 65.3 Å². The lowest BCUT2D eigenvalue weighted by Gasteiger charge is -2.40. The lowest BCUT2D eigenvalue weighted by molar-refractivity contribution is -0.141. The molecule has 3 aliphatic rings. The summed E-state index contributed by atoms with van der Waals surface area (Å²) in [6.45, 7) is 0.183. The average Bonchev–Trinajstić information content (AvgIpc) is 3.58. The van der Waals surface area contributed by atoms with Gasteiger partial charge in [-0.3, -0.25) is 14.9 Å². The number of phenolic OH excluding ortho intramolecular Hbond substituents is 1. The van der Waals surface area contributed by atoms with Crippen LogP contribution in [0.25, 0.3) is 0 Å². The van der Waals surface area contributed by atoms with Crippen LogP contribution in [0.1, 0.15) is 39.0 Å². The molecule has 1 saturated heterocycles. The van der Waals surface area contributed by atoms with E-state index < -0.39 is 23.8 Å². The maximum atomic E-state index is 13.3. The number of thiocarbonyl (C=S) groups is 1. The number of ether oxygens (including phenoxy) is 5. The van der Waals surface area contributed by atoms with Crippen molar-refractivity contribution in [2.24, 2.45) is 11.8 Å². The number of benzene rings is 3. The van der Waals surface area contributed by atoms with Gasteiger partial charge in [0.25, 0.3) is 5.91 Å². The molecule has 12 heteroatoms. The molecule has 1 amide bonds. The van der Waals surface area contributed by atoms with Gasteiger partial charge < -0.3 is 34.1 Å². The van der Waals surface area contributed by atoms with E-state index in [0.29, 0.717) is 22.1 Å². The van der Waals surface area contributed by atoms with Crippen LogP contribution in [0.3, 0.4) is 0 Å². The molecule has 1 aliphatic carbocycles. The van der Waals surface area contributed by atoms with Crippen molar-refractivity contribution < 1.29 is 38.4 Å². The molecular weight excluding hydrogens is 572 g/mol. The van der Waals surface area contributed by atoms with E-state index in [1.54, 1.807) is 36.4 Å². The van der Waals surface area contributed by atoms with Gasteiger partial charge in [0.2, 0.25) is 12.5 Å². The van der Waals surface area contributed by atoms with Crippen LogP contribution < -0.4 is 29.6 Å². The van der Waals surface area contributed by atoms with Gasteiger partial charge >= 0.3 is 5.97 Å². The topological polar surface area (TPSA) is 125 Å². The highest BCUT2D eigenvalue weighted by Gasteiger charge is 2.53. The molecule has 41 heavy (non-hydrogen) atoms. The first-order valence-corrected chi connectivity index (χ1v) is 13.5. The summed E-state index contributed by atoms with van der Waals surface area (Å²) in [5, 5.41) is 16.8. The highest BCUT2D eigenvalue weighted by atomic mass is 35.5. The highest BCUT2D eigenvalue weighted by Crippen LogP contribution is 2.55. The van der Waals surface area contributed by atoms with E-state index in [1.165, 1.54) is 14.2 Å². The van der Waals surface area contributed by atoms with Gasteiger partial charge in [-0.15, -0.1) is 0 Å². The van der Waals surface area contributed by atoms with Gasteiger partial charge in [0, 0.05) is 11.8 Å². The number of cyclic esters (lactones) is 1. The van der Waals surface area contributed by atoms with Crippen LogP contribution in [0.5, 0.6) is 28.7 Å². The van der Waals surface area contributed by atoms with Crippen molar-refractivity contribution in [2.45, 2.75) is 12.0 Å². The Morgan fingerprint density at radius 3 is 2.34 bits per heavy atom. The number of carbonyl (C=O) groups is 2. The van der Waals surface area contributed by atoms with Crippen molar-refractivity contribution >= 4 is 40.8 Å². The number of amides is 1. The van der Waals surface area contributed by atoms with Crippen molar-refractivity contribution in [1.82, 2.24) is 10.6 Å². The molecule has 3 aromatic rings. The van der Waals surface area contributed by atoms with Gasteiger partial charge in [-0.2, -0.15) is 0 Å². The number of esters is 1. The van der Waals surface area contributed by atoms with E-state index in [2.05, 4.69) is 10.6 Å². The Hall–Kier alpha value is -4.22. The number of carbonyl (C=O) groups excluding carboxylic acids is 2. The average molecular weight is 597 g/mol. The molecule has 0 radical (unpaired) electrons. The third kappa shape index (κ3) is 4.64. The van der Waals surface area contributed by atoms with Crippen LogP contribution in [-0.4, -0.2) is 49.7 Å². The van der Waals surface area contributed by atoms with E-state index >= 15 is 0 Å². The fraction of sp³-hybridized carbons (Fsp3) is 0.276. The first kappa shape index (κ1) is 27.0. The van der Waals surface area contributed by atoms with Crippen LogP contribution in [0.15, 0.2) is 48.5 Å². The molecule has 3 N–H and O–H groups in total. The zero-order valence-electron chi connectivity index (χ0n) is 21.9. The zero-order valence-corrected chi connectivity index (χ0v) is 23.5. The number of hydrogen-bond donors (Lipinski definition) is 3. The zero-order chi connectivity index (χ0) is 28.8. The standard InChI is InChI=1S/C29H25ClN2O8S/c1-36-21-7-13(8-22(37-2)26(21)33)23-15-9-19-20(40-12-39-19)10-16(15)25(17-11-38-28(35)24(17)23)31-29(41)32-27(34)14-5-3-4-6-18(14)30/h3-10,17,23-25,33H,11-12H2,1-2H3,(H2,31,32,34,41)/t17-,23+,24-,25+/m0/s1. The summed E-state index contributed by atoms with van der Waals surface area (Å²) in [7, 11) is 2.88. The Morgan fingerprint density at radius 2 is 1.68 bits per heavy atom. The fourth-order valence-corrected chi connectivity index (χ4v) is 6.28. The normalized spacial score (nSPS) is 21.8. The predicted octanol–water partition coefficient (Wildman–Crippen LogP) is 4.07.